The number of amides is 1. The SMILES string of the molecule is CC1(C)C(C(=O)O)C1C(=O)NCc1cccc(Cl)c1. The first kappa shape index (κ1) is 13.9. The molecular formula is C14H16ClNO3. The molecule has 0 aromatic heterocycles. The number of hydrogen-bond acceptors (Lipinski definition) is 2. The lowest BCUT2D eigenvalue weighted by Crippen LogP contribution is -2.26. The Kier molecular flexibility index (Phi) is 3.54. The second-order valence-corrected chi connectivity index (χ2v) is 5.90. The van der Waals surface area contributed by atoms with Gasteiger partial charge in [-0.15, -0.1) is 0 Å². The third kappa shape index (κ3) is 2.73. The molecule has 1 aromatic carbocycles. The number of halogens is 1. The molecule has 102 valence electrons. The summed E-state index contributed by atoms with van der Waals surface area (Å²) in [4.78, 5) is 23.0. The molecule has 0 radical (unpaired) electrons. The van der Waals surface area contributed by atoms with Gasteiger partial charge in [-0.3, -0.25) is 9.59 Å². The van der Waals surface area contributed by atoms with Gasteiger partial charge in [0, 0.05) is 11.6 Å². The van der Waals surface area contributed by atoms with Gasteiger partial charge in [-0.05, 0) is 23.1 Å². The quantitative estimate of drug-likeness (QED) is 0.890. The summed E-state index contributed by atoms with van der Waals surface area (Å²) in [5.41, 5.74) is 0.427. The normalized spacial score (nSPS) is 23.7. The molecule has 2 unspecified atom stereocenters. The van der Waals surface area contributed by atoms with E-state index in [2.05, 4.69) is 5.32 Å². The molecule has 1 amide bonds. The van der Waals surface area contributed by atoms with Gasteiger partial charge < -0.3 is 10.4 Å². The molecule has 4 nitrogen and oxygen atoms in total. The van der Waals surface area contributed by atoms with Crippen molar-refractivity contribution < 1.29 is 14.7 Å². The summed E-state index contributed by atoms with van der Waals surface area (Å²) in [6, 6.07) is 7.20. The highest BCUT2D eigenvalue weighted by atomic mass is 35.5. The van der Waals surface area contributed by atoms with Crippen molar-refractivity contribution in [1.82, 2.24) is 5.32 Å². The lowest BCUT2D eigenvalue weighted by Gasteiger charge is -2.06. The van der Waals surface area contributed by atoms with E-state index in [1.165, 1.54) is 0 Å². The third-order valence-electron chi connectivity index (χ3n) is 3.73. The van der Waals surface area contributed by atoms with Crippen molar-refractivity contribution in [3.05, 3.63) is 34.9 Å². The number of carbonyl (C=O) groups is 2. The molecule has 1 aliphatic carbocycles. The fourth-order valence-electron chi connectivity index (χ4n) is 2.53. The molecule has 0 aliphatic heterocycles. The van der Waals surface area contributed by atoms with Crippen LogP contribution in [0.5, 0.6) is 0 Å². The number of carbonyl (C=O) groups excluding carboxylic acids is 1. The molecule has 0 bridgehead atoms. The summed E-state index contributed by atoms with van der Waals surface area (Å²) in [7, 11) is 0. The van der Waals surface area contributed by atoms with E-state index in [1.807, 2.05) is 12.1 Å². The first-order chi connectivity index (χ1) is 8.84. The molecule has 2 atom stereocenters. The van der Waals surface area contributed by atoms with Crippen LogP contribution >= 0.6 is 11.6 Å². The first-order valence-corrected chi connectivity index (χ1v) is 6.47. The van der Waals surface area contributed by atoms with E-state index < -0.39 is 23.2 Å². The van der Waals surface area contributed by atoms with Crippen molar-refractivity contribution in [1.29, 1.82) is 0 Å². The van der Waals surface area contributed by atoms with E-state index in [0.717, 1.165) is 5.56 Å². The summed E-state index contributed by atoms with van der Waals surface area (Å²) in [6.45, 7) is 3.96. The number of rotatable bonds is 4. The number of carboxylic acids is 1. The fraction of sp³-hybridized carbons (Fsp3) is 0.429. The summed E-state index contributed by atoms with van der Waals surface area (Å²) < 4.78 is 0. The van der Waals surface area contributed by atoms with Crippen LogP contribution in [0.1, 0.15) is 19.4 Å². The zero-order chi connectivity index (χ0) is 14.2. The van der Waals surface area contributed by atoms with Crippen molar-refractivity contribution in [2.75, 3.05) is 0 Å². The van der Waals surface area contributed by atoms with Gasteiger partial charge in [-0.25, -0.2) is 0 Å². The number of hydrogen-bond donors (Lipinski definition) is 2. The van der Waals surface area contributed by atoms with Crippen molar-refractivity contribution in [3.8, 4) is 0 Å². The molecule has 1 aliphatic rings. The fourth-order valence-corrected chi connectivity index (χ4v) is 2.75. The van der Waals surface area contributed by atoms with Gasteiger partial charge in [0.25, 0.3) is 0 Å². The van der Waals surface area contributed by atoms with Crippen LogP contribution in [-0.4, -0.2) is 17.0 Å². The Hall–Kier alpha value is -1.55. The largest absolute Gasteiger partial charge is 0.481 e. The molecule has 1 fully saturated rings. The Bertz CT molecular complexity index is 527. The van der Waals surface area contributed by atoms with Crippen LogP contribution < -0.4 is 5.32 Å². The van der Waals surface area contributed by atoms with Crippen LogP contribution in [0.15, 0.2) is 24.3 Å². The minimum Gasteiger partial charge on any atom is -0.481 e. The minimum atomic E-state index is -0.909. The van der Waals surface area contributed by atoms with E-state index in [1.54, 1.807) is 26.0 Å². The molecule has 0 spiro atoms. The molecule has 5 heteroatoms. The Morgan fingerprint density at radius 1 is 1.37 bits per heavy atom. The van der Waals surface area contributed by atoms with Crippen LogP contribution in [0.3, 0.4) is 0 Å². The standard InChI is InChI=1S/C14H16ClNO3/c1-14(2)10(11(14)13(18)19)12(17)16-7-8-4-3-5-9(15)6-8/h3-6,10-11H,7H2,1-2H3,(H,16,17)(H,18,19). The maximum Gasteiger partial charge on any atom is 0.307 e. The van der Waals surface area contributed by atoms with Gasteiger partial charge >= 0.3 is 5.97 Å². The number of nitrogens with one attached hydrogen (secondary N) is 1. The first-order valence-electron chi connectivity index (χ1n) is 6.09. The van der Waals surface area contributed by atoms with E-state index >= 15 is 0 Å². The van der Waals surface area contributed by atoms with E-state index in [9.17, 15) is 9.59 Å². The van der Waals surface area contributed by atoms with E-state index in [0.29, 0.717) is 11.6 Å². The molecule has 1 saturated carbocycles. The zero-order valence-electron chi connectivity index (χ0n) is 10.8. The monoisotopic (exact) mass is 281 g/mol. The lowest BCUT2D eigenvalue weighted by molar-refractivity contribution is -0.140. The van der Waals surface area contributed by atoms with Gasteiger partial charge in [0.15, 0.2) is 0 Å². The molecule has 19 heavy (non-hydrogen) atoms. The minimum absolute atomic E-state index is 0.211. The summed E-state index contributed by atoms with van der Waals surface area (Å²) in [5.74, 6) is -2.17. The Balaban J connectivity index is 1.95. The van der Waals surface area contributed by atoms with Crippen LogP contribution in [0.4, 0.5) is 0 Å². The highest BCUT2D eigenvalue weighted by Crippen LogP contribution is 2.58. The summed E-state index contributed by atoms with van der Waals surface area (Å²) in [5, 5.41) is 12.4. The predicted octanol–water partition coefficient (Wildman–Crippen LogP) is 2.31. The van der Waals surface area contributed by atoms with Crippen molar-refractivity contribution in [3.63, 3.8) is 0 Å². The van der Waals surface area contributed by atoms with Crippen molar-refractivity contribution in [2.45, 2.75) is 20.4 Å². The van der Waals surface area contributed by atoms with Gasteiger partial charge in [0.1, 0.15) is 0 Å². The lowest BCUT2D eigenvalue weighted by atomic mass is 10.1. The summed E-state index contributed by atoms with van der Waals surface area (Å²) >= 11 is 5.85. The smallest absolute Gasteiger partial charge is 0.307 e. The number of carboxylic acid groups (broad SMARTS) is 1. The maximum absolute atomic E-state index is 12.0. The average Bonchev–Trinajstić information content (AvgIpc) is 2.90. The molecular weight excluding hydrogens is 266 g/mol. The Labute approximate surface area is 116 Å². The highest BCUT2D eigenvalue weighted by Gasteiger charge is 2.65. The topological polar surface area (TPSA) is 66.4 Å². The Morgan fingerprint density at radius 3 is 2.58 bits per heavy atom. The zero-order valence-corrected chi connectivity index (χ0v) is 11.6. The predicted molar refractivity (Wildman–Crippen MR) is 71.7 cm³/mol. The van der Waals surface area contributed by atoms with Crippen molar-refractivity contribution >= 4 is 23.5 Å². The maximum atomic E-state index is 12.0. The molecule has 2 N–H and O–H groups in total. The van der Waals surface area contributed by atoms with Crippen molar-refractivity contribution in [2.24, 2.45) is 17.3 Å². The van der Waals surface area contributed by atoms with Gasteiger partial charge in [0.05, 0.1) is 11.8 Å². The second kappa shape index (κ2) is 4.85. The number of benzene rings is 1. The van der Waals surface area contributed by atoms with Crippen LogP contribution in [0.2, 0.25) is 5.02 Å². The van der Waals surface area contributed by atoms with Crippen LogP contribution in [-0.2, 0) is 16.1 Å². The van der Waals surface area contributed by atoms with Gasteiger partial charge in [-0.2, -0.15) is 0 Å². The highest BCUT2D eigenvalue weighted by molar-refractivity contribution is 6.30. The molecule has 0 heterocycles. The molecule has 0 saturated heterocycles. The number of aliphatic carboxylic acids is 1. The second-order valence-electron chi connectivity index (χ2n) is 5.46. The van der Waals surface area contributed by atoms with Crippen LogP contribution in [0.25, 0.3) is 0 Å². The third-order valence-corrected chi connectivity index (χ3v) is 3.97. The average molecular weight is 282 g/mol. The van der Waals surface area contributed by atoms with E-state index in [-0.39, 0.29) is 5.91 Å². The van der Waals surface area contributed by atoms with Gasteiger partial charge in [-0.1, -0.05) is 37.6 Å². The molecule has 2 rings (SSSR count). The van der Waals surface area contributed by atoms with Crippen LogP contribution in [0, 0.1) is 17.3 Å². The Morgan fingerprint density at radius 2 is 2.05 bits per heavy atom. The van der Waals surface area contributed by atoms with E-state index in [4.69, 9.17) is 16.7 Å². The summed E-state index contributed by atoms with van der Waals surface area (Å²) in [6.07, 6.45) is 0. The van der Waals surface area contributed by atoms with Gasteiger partial charge in [0.2, 0.25) is 5.91 Å². The molecule has 1 aromatic rings.